The molecule has 0 aliphatic heterocycles. The van der Waals surface area contributed by atoms with Crippen molar-refractivity contribution in [1.82, 2.24) is 10.2 Å². The van der Waals surface area contributed by atoms with Crippen LogP contribution in [0.2, 0.25) is 0 Å². The zero-order chi connectivity index (χ0) is 12.2. The molecule has 0 aromatic carbocycles. The molecule has 0 bridgehead atoms. The fourth-order valence-electron chi connectivity index (χ4n) is 1.48. The molecule has 0 rings (SSSR count). The van der Waals surface area contributed by atoms with Gasteiger partial charge in [0, 0.05) is 13.0 Å². The Morgan fingerprint density at radius 2 is 1.88 bits per heavy atom. The van der Waals surface area contributed by atoms with Gasteiger partial charge in [-0.05, 0) is 52.9 Å². The van der Waals surface area contributed by atoms with E-state index in [0.717, 1.165) is 51.7 Å². The predicted octanol–water partition coefficient (Wildman–Crippen LogP) is 0.964. The average molecular weight is 229 g/mol. The van der Waals surface area contributed by atoms with Crippen LogP contribution >= 0.6 is 0 Å². The molecule has 0 aromatic heterocycles. The van der Waals surface area contributed by atoms with E-state index in [1.807, 2.05) is 0 Å². The SMILES string of the molecule is CN(C)CCCCNC(=O)CCCCCN. The van der Waals surface area contributed by atoms with Gasteiger partial charge in [-0.2, -0.15) is 0 Å². The molecule has 0 heterocycles. The second-order valence-corrected chi connectivity index (χ2v) is 4.46. The Morgan fingerprint density at radius 3 is 2.50 bits per heavy atom. The van der Waals surface area contributed by atoms with Gasteiger partial charge in [0.15, 0.2) is 0 Å². The van der Waals surface area contributed by atoms with Crippen molar-refractivity contribution >= 4 is 5.91 Å². The van der Waals surface area contributed by atoms with Crippen LogP contribution in [-0.4, -0.2) is 44.5 Å². The van der Waals surface area contributed by atoms with Crippen molar-refractivity contribution in [3.05, 3.63) is 0 Å². The monoisotopic (exact) mass is 229 g/mol. The quantitative estimate of drug-likeness (QED) is 0.549. The van der Waals surface area contributed by atoms with Crippen LogP contribution in [-0.2, 0) is 4.79 Å². The lowest BCUT2D eigenvalue weighted by Gasteiger charge is -2.09. The lowest BCUT2D eigenvalue weighted by molar-refractivity contribution is -0.121. The van der Waals surface area contributed by atoms with E-state index in [0.29, 0.717) is 6.42 Å². The Hall–Kier alpha value is -0.610. The number of rotatable bonds is 10. The Kier molecular flexibility index (Phi) is 10.5. The summed E-state index contributed by atoms with van der Waals surface area (Å²) in [6, 6.07) is 0. The van der Waals surface area contributed by atoms with E-state index >= 15 is 0 Å². The van der Waals surface area contributed by atoms with E-state index in [2.05, 4.69) is 24.3 Å². The van der Waals surface area contributed by atoms with Gasteiger partial charge in [-0.15, -0.1) is 0 Å². The third-order valence-electron chi connectivity index (χ3n) is 2.46. The molecule has 0 fully saturated rings. The Balaban J connectivity index is 3.17. The maximum Gasteiger partial charge on any atom is 0.219 e. The molecule has 3 N–H and O–H groups in total. The first-order valence-electron chi connectivity index (χ1n) is 6.28. The molecule has 0 aliphatic rings. The molecular formula is C12H27N3O. The molecule has 0 radical (unpaired) electrons. The number of nitrogens with two attached hydrogens (primary N) is 1. The topological polar surface area (TPSA) is 58.4 Å². The first-order valence-corrected chi connectivity index (χ1v) is 6.28. The summed E-state index contributed by atoms with van der Waals surface area (Å²) in [7, 11) is 4.13. The van der Waals surface area contributed by atoms with Crippen LogP contribution in [0.15, 0.2) is 0 Å². The first-order chi connectivity index (χ1) is 7.66. The summed E-state index contributed by atoms with van der Waals surface area (Å²) in [4.78, 5) is 13.5. The summed E-state index contributed by atoms with van der Waals surface area (Å²) in [6.07, 6.45) is 5.89. The Bertz CT molecular complexity index is 172. The Labute approximate surface area is 99.6 Å². The Morgan fingerprint density at radius 1 is 1.12 bits per heavy atom. The van der Waals surface area contributed by atoms with E-state index in [4.69, 9.17) is 5.73 Å². The molecular weight excluding hydrogens is 202 g/mol. The number of carbonyl (C=O) groups excluding carboxylic acids is 1. The van der Waals surface area contributed by atoms with E-state index in [1.54, 1.807) is 0 Å². The number of carbonyl (C=O) groups is 1. The van der Waals surface area contributed by atoms with Gasteiger partial charge in [0.2, 0.25) is 5.91 Å². The number of unbranched alkanes of at least 4 members (excludes halogenated alkanes) is 3. The molecule has 0 aromatic rings. The normalized spacial score (nSPS) is 10.8. The van der Waals surface area contributed by atoms with Crippen LogP contribution in [0.4, 0.5) is 0 Å². The third kappa shape index (κ3) is 11.5. The van der Waals surface area contributed by atoms with Gasteiger partial charge in [0.1, 0.15) is 0 Å². The van der Waals surface area contributed by atoms with Crippen LogP contribution in [0.1, 0.15) is 38.5 Å². The zero-order valence-electron chi connectivity index (χ0n) is 10.8. The van der Waals surface area contributed by atoms with Gasteiger partial charge < -0.3 is 16.0 Å². The molecule has 0 saturated carbocycles. The fourth-order valence-corrected chi connectivity index (χ4v) is 1.48. The molecule has 96 valence electrons. The van der Waals surface area contributed by atoms with E-state index in [-0.39, 0.29) is 5.91 Å². The summed E-state index contributed by atoms with van der Waals surface area (Å²) >= 11 is 0. The van der Waals surface area contributed by atoms with Gasteiger partial charge >= 0.3 is 0 Å². The summed E-state index contributed by atoms with van der Waals surface area (Å²) in [5.74, 6) is 0.182. The molecule has 0 atom stereocenters. The fraction of sp³-hybridized carbons (Fsp3) is 0.917. The summed E-state index contributed by atoms with van der Waals surface area (Å²) < 4.78 is 0. The van der Waals surface area contributed by atoms with Crippen molar-refractivity contribution in [2.75, 3.05) is 33.7 Å². The standard InChI is InChI=1S/C12H27N3O/c1-15(2)11-7-6-10-14-12(16)8-4-3-5-9-13/h3-11,13H2,1-2H3,(H,14,16). The van der Waals surface area contributed by atoms with Crippen molar-refractivity contribution in [3.8, 4) is 0 Å². The molecule has 4 heteroatoms. The van der Waals surface area contributed by atoms with E-state index < -0.39 is 0 Å². The number of hydrogen-bond donors (Lipinski definition) is 2. The maximum atomic E-state index is 11.4. The number of nitrogens with one attached hydrogen (secondary N) is 1. The maximum absolute atomic E-state index is 11.4. The smallest absolute Gasteiger partial charge is 0.219 e. The lowest BCUT2D eigenvalue weighted by atomic mass is 10.2. The van der Waals surface area contributed by atoms with Crippen molar-refractivity contribution in [2.24, 2.45) is 5.73 Å². The van der Waals surface area contributed by atoms with Crippen LogP contribution in [0.5, 0.6) is 0 Å². The third-order valence-corrected chi connectivity index (χ3v) is 2.46. The van der Waals surface area contributed by atoms with Gasteiger partial charge in [0.05, 0.1) is 0 Å². The molecule has 4 nitrogen and oxygen atoms in total. The molecule has 0 saturated heterocycles. The predicted molar refractivity (Wildman–Crippen MR) is 68.3 cm³/mol. The second kappa shape index (κ2) is 10.9. The highest BCUT2D eigenvalue weighted by Gasteiger charge is 1.99. The number of hydrogen-bond acceptors (Lipinski definition) is 3. The highest BCUT2D eigenvalue weighted by Crippen LogP contribution is 1.98. The first kappa shape index (κ1) is 15.4. The highest BCUT2D eigenvalue weighted by atomic mass is 16.1. The molecule has 1 amide bonds. The summed E-state index contributed by atoms with van der Waals surface area (Å²) in [5, 5.41) is 2.94. The van der Waals surface area contributed by atoms with Gasteiger partial charge in [-0.1, -0.05) is 6.42 Å². The molecule has 0 unspecified atom stereocenters. The number of nitrogens with zero attached hydrogens (tertiary/aromatic N) is 1. The van der Waals surface area contributed by atoms with Crippen LogP contribution in [0.25, 0.3) is 0 Å². The van der Waals surface area contributed by atoms with Crippen LogP contribution < -0.4 is 11.1 Å². The zero-order valence-corrected chi connectivity index (χ0v) is 10.8. The molecule has 16 heavy (non-hydrogen) atoms. The molecule has 0 spiro atoms. The van der Waals surface area contributed by atoms with Crippen molar-refractivity contribution < 1.29 is 4.79 Å². The van der Waals surface area contributed by atoms with Crippen molar-refractivity contribution in [3.63, 3.8) is 0 Å². The van der Waals surface area contributed by atoms with Gasteiger partial charge in [-0.3, -0.25) is 4.79 Å². The minimum atomic E-state index is 0.182. The highest BCUT2D eigenvalue weighted by molar-refractivity contribution is 5.75. The molecule has 0 aliphatic carbocycles. The lowest BCUT2D eigenvalue weighted by Crippen LogP contribution is -2.25. The summed E-state index contributed by atoms with van der Waals surface area (Å²) in [5.41, 5.74) is 5.38. The van der Waals surface area contributed by atoms with Gasteiger partial charge in [-0.25, -0.2) is 0 Å². The minimum absolute atomic E-state index is 0.182. The van der Waals surface area contributed by atoms with E-state index in [9.17, 15) is 4.79 Å². The van der Waals surface area contributed by atoms with Crippen LogP contribution in [0, 0.1) is 0 Å². The summed E-state index contributed by atoms with van der Waals surface area (Å²) in [6.45, 7) is 2.63. The van der Waals surface area contributed by atoms with Crippen LogP contribution in [0.3, 0.4) is 0 Å². The van der Waals surface area contributed by atoms with Crippen molar-refractivity contribution in [1.29, 1.82) is 0 Å². The minimum Gasteiger partial charge on any atom is -0.356 e. The largest absolute Gasteiger partial charge is 0.356 e. The average Bonchev–Trinajstić information content (AvgIpc) is 2.23. The second-order valence-electron chi connectivity index (χ2n) is 4.46. The van der Waals surface area contributed by atoms with Crippen molar-refractivity contribution in [2.45, 2.75) is 38.5 Å². The number of amides is 1. The van der Waals surface area contributed by atoms with Gasteiger partial charge in [0.25, 0.3) is 0 Å². The van der Waals surface area contributed by atoms with E-state index in [1.165, 1.54) is 0 Å².